The van der Waals surface area contributed by atoms with Crippen LogP contribution in [0.2, 0.25) is 0 Å². The summed E-state index contributed by atoms with van der Waals surface area (Å²) in [5.41, 5.74) is 0. The molecule has 0 fully saturated rings. The van der Waals surface area contributed by atoms with Gasteiger partial charge in [-0.2, -0.15) is 0 Å². The Morgan fingerprint density at radius 1 is 0.349 bits per heavy atom. The molecule has 0 aliphatic carbocycles. The first-order valence-electron chi connectivity index (χ1n) is 26.5. The molecule has 0 saturated carbocycles. The summed E-state index contributed by atoms with van der Waals surface area (Å²) < 4.78 is 16.8. The zero-order valence-corrected chi connectivity index (χ0v) is 41.3. The molecule has 0 saturated heterocycles. The maximum absolute atomic E-state index is 12.8. The number of hydrogen-bond donors (Lipinski definition) is 0. The van der Waals surface area contributed by atoms with Crippen LogP contribution in [0.1, 0.15) is 252 Å². The first-order chi connectivity index (χ1) is 31.0. The normalized spacial score (nSPS) is 12.6. The van der Waals surface area contributed by atoms with E-state index in [1.807, 2.05) is 0 Å². The minimum atomic E-state index is -0.797. The van der Waals surface area contributed by atoms with Gasteiger partial charge in [0, 0.05) is 19.3 Å². The Balaban J connectivity index is 4.43. The molecule has 0 aromatic carbocycles. The molecule has 0 aliphatic heterocycles. The van der Waals surface area contributed by atoms with Crippen molar-refractivity contribution in [1.82, 2.24) is 0 Å². The monoisotopic (exact) mass is 879 g/mol. The lowest BCUT2D eigenvalue weighted by atomic mass is 10.0. The summed E-state index contributed by atoms with van der Waals surface area (Å²) in [4.78, 5) is 38.0. The molecule has 6 nitrogen and oxygen atoms in total. The number of carbonyl (C=O) groups excluding carboxylic acids is 3. The highest BCUT2D eigenvalue weighted by Gasteiger charge is 2.19. The molecule has 0 amide bonds. The number of allylic oxidation sites excluding steroid dienone is 12. The lowest BCUT2D eigenvalue weighted by Crippen LogP contribution is -2.30. The second-order valence-corrected chi connectivity index (χ2v) is 17.5. The molecule has 0 aromatic rings. The number of ether oxygens (including phenoxy) is 3. The number of esters is 3. The Labute approximate surface area is 389 Å². The van der Waals surface area contributed by atoms with E-state index < -0.39 is 6.10 Å². The maximum atomic E-state index is 12.8. The average molecular weight is 879 g/mol. The summed E-state index contributed by atoms with van der Waals surface area (Å²) in [5.74, 6) is -0.950. The fraction of sp³-hybridized carbons (Fsp3) is 0.737. The molecule has 63 heavy (non-hydrogen) atoms. The zero-order chi connectivity index (χ0) is 45.8. The van der Waals surface area contributed by atoms with E-state index in [0.717, 1.165) is 103 Å². The van der Waals surface area contributed by atoms with E-state index in [4.69, 9.17) is 14.2 Å². The van der Waals surface area contributed by atoms with Crippen molar-refractivity contribution >= 4 is 17.9 Å². The van der Waals surface area contributed by atoms with Crippen molar-refractivity contribution in [2.75, 3.05) is 13.2 Å². The lowest BCUT2D eigenvalue weighted by Gasteiger charge is -2.18. The Morgan fingerprint density at radius 3 is 1.13 bits per heavy atom. The van der Waals surface area contributed by atoms with Crippen LogP contribution in [0, 0.1) is 0 Å². The van der Waals surface area contributed by atoms with Crippen molar-refractivity contribution in [1.29, 1.82) is 0 Å². The van der Waals surface area contributed by atoms with Crippen molar-refractivity contribution in [2.24, 2.45) is 0 Å². The van der Waals surface area contributed by atoms with Crippen LogP contribution in [0.3, 0.4) is 0 Å². The Kier molecular flexibility index (Phi) is 48.9. The third kappa shape index (κ3) is 49.7. The van der Waals surface area contributed by atoms with Gasteiger partial charge in [-0.15, -0.1) is 0 Å². The predicted molar refractivity (Wildman–Crippen MR) is 270 cm³/mol. The first-order valence-corrected chi connectivity index (χ1v) is 26.5. The summed E-state index contributed by atoms with van der Waals surface area (Å²) in [6.45, 7) is 6.46. The van der Waals surface area contributed by atoms with Crippen molar-refractivity contribution < 1.29 is 28.6 Å². The van der Waals surface area contributed by atoms with Crippen LogP contribution in [-0.4, -0.2) is 37.2 Å². The van der Waals surface area contributed by atoms with Crippen molar-refractivity contribution in [3.63, 3.8) is 0 Å². The van der Waals surface area contributed by atoms with Gasteiger partial charge in [-0.1, -0.05) is 229 Å². The molecule has 0 aromatic heterocycles. The SMILES string of the molecule is CC/C=C\C/C=C\C/C=C\CCCCC(=O)OCC(COC(=O)CCCCCCC\C=C/C=C\C=C/CCCCCCC)OC(=O)CCCCCCCCCCCCCCCCC. The number of rotatable bonds is 47. The molecule has 0 spiro atoms. The smallest absolute Gasteiger partial charge is 0.306 e. The largest absolute Gasteiger partial charge is 0.462 e. The zero-order valence-electron chi connectivity index (χ0n) is 41.3. The highest BCUT2D eigenvalue weighted by Crippen LogP contribution is 2.15. The lowest BCUT2D eigenvalue weighted by molar-refractivity contribution is -0.167. The number of carbonyl (C=O) groups is 3. The van der Waals surface area contributed by atoms with Crippen molar-refractivity contribution in [2.45, 2.75) is 258 Å². The van der Waals surface area contributed by atoms with Crippen LogP contribution in [0.15, 0.2) is 72.9 Å². The average Bonchev–Trinajstić information content (AvgIpc) is 3.28. The molecule has 362 valence electrons. The highest BCUT2D eigenvalue weighted by molar-refractivity contribution is 5.71. The second-order valence-electron chi connectivity index (χ2n) is 17.5. The van der Waals surface area contributed by atoms with E-state index >= 15 is 0 Å². The molecule has 6 heteroatoms. The van der Waals surface area contributed by atoms with Gasteiger partial charge in [0.15, 0.2) is 6.10 Å². The predicted octanol–water partition coefficient (Wildman–Crippen LogP) is 17.4. The molecule has 0 radical (unpaired) electrons. The van der Waals surface area contributed by atoms with Crippen LogP contribution < -0.4 is 0 Å². The maximum Gasteiger partial charge on any atom is 0.306 e. The third-order valence-corrected chi connectivity index (χ3v) is 11.3. The summed E-state index contributed by atoms with van der Waals surface area (Å²) in [5, 5.41) is 0. The van der Waals surface area contributed by atoms with E-state index in [1.54, 1.807) is 0 Å². The van der Waals surface area contributed by atoms with Gasteiger partial charge in [0.05, 0.1) is 0 Å². The number of unbranched alkanes of at least 4 members (excludes halogenated alkanes) is 26. The highest BCUT2D eigenvalue weighted by atomic mass is 16.6. The standard InChI is InChI=1S/C57H98O6/c1-4-7-10-13-16-19-22-25-27-28-29-31-32-35-38-41-44-47-50-56(59)62-53-54(52-61-55(58)49-46-43-40-37-34-24-21-18-15-12-9-6-3)63-57(60)51-48-45-42-39-36-33-30-26-23-20-17-14-11-8-5-2/h9,12,18,21-22,25,27-29,31,34,37,54H,4-8,10-11,13-17,19-20,23-24,26,30,32-33,35-36,38-53H2,1-3H3/b12-9-,21-18-,25-22-,28-27-,31-29-,37-34-. The fourth-order valence-corrected chi connectivity index (χ4v) is 7.28. The van der Waals surface area contributed by atoms with Crippen LogP contribution >= 0.6 is 0 Å². The van der Waals surface area contributed by atoms with E-state index in [0.29, 0.717) is 19.3 Å². The van der Waals surface area contributed by atoms with Gasteiger partial charge in [-0.25, -0.2) is 0 Å². The molecular formula is C57H98O6. The van der Waals surface area contributed by atoms with E-state index in [9.17, 15) is 14.4 Å². The van der Waals surface area contributed by atoms with Gasteiger partial charge in [-0.3, -0.25) is 14.4 Å². The van der Waals surface area contributed by atoms with Crippen LogP contribution in [-0.2, 0) is 28.6 Å². The first kappa shape index (κ1) is 59.9. The van der Waals surface area contributed by atoms with Crippen LogP contribution in [0.25, 0.3) is 0 Å². The van der Waals surface area contributed by atoms with Crippen molar-refractivity contribution in [3.05, 3.63) is 72.9 Å². The van der Waals surface area contributed by atoms with Crippen molar-refractivity contribution in [3.8, 4) is 0 Å². The molecule has 1 atom stereocenters. The minimum Gasteiger partial charge on any atom is -0.462 e. The van der Waals surface area contributed by atoms with Gasteiger partial charge in [0.25, 0.3) is 0 Å². The summed E-state index contributed by atoms with van der Waals surface area (Å²) in [6.07, 6.45) is 64.6. The number of hydrogen-bond acceptors (Lipinski definition) is 6. The quantitative estimate of drug-likeness (QED) is 0.0199. The van der Waals surface area contributed by atoms with Gasteiger partial charge < -0.3 is 14.2 Å². The van der Waals surface area contributed by atoms with E-state index in [2.05, 4.69) is 93.7 Å². The molecule has 0 N–H and O–H groups in total. The van der Waals surface area contributed by atoms with Crippen LogP contribution in [0.5, 0.6) is 0 Å². The van der Waals surface area contributed by atoms with E-state index in [-0.39, 0.29) is 31.1 Å². The minimum absolute atomic E-state index is 0.0968. The Morgan fingerprint density at radius 2 is 0.683 bits per heavy atom. The van der Waals surface area contributed by atoms with E-state index in [1.165, 1.54) is 109 Å². The second kappa shape index (κ2) is 51.5. The molecule has 1 unspecified atom stereocenters. The summed E-state index contributed by atoms with van der Waals surface area (Å²) >= 11 is 0. The molecular weight excluding hydrogens is 781 g/mol. The third-order valence-electron chi connectivity index (χ3n) is 11.3. The Bertz CT molecular complexity index is 1190. The summed E-state index contributed by atoms with van der Waals surface area (Å²) in [7, 11) is 0. The molecule has 0 rings (SSSR count). The Hall–Kier alpha value is -3.15. The van der Waals surface area contributed by atoms with Gasteiger partial charge >= 0.3 is 17.9 Å². The van der Waals surface area contributed by atoms with Gasteiger partial charge in [0.1, 0.15) is 13.2 Å². The molecule has 0 bridgehead atoms. The van der Waals surface area contributed by atoms with Gasteiger partial charge in [0.2, 0.25) is 0 Å². The topological polar surface area (TPSA) is 78.9 Å². The van der Waals surface area contributed by atoms with Crippen LogP contribution in [0.4, 0.5) is 0 Å². The fourth-order valence-electron chi connectivity index (χ4n) is 7.28. The summed E-state index contributed by atoms with van der Waals surface area (Å²) in [6, 6.07) is 0. The molecule has 0 aliphatic rings. The molecule has 0 heterocycles. The van der Waals surface area contributed by atoms with Gasteiger partial charge in [-0.05, 0) is 77.0 Å².